The van der Waals surface area contributed by atoms with Gasteiger partial charge in [-0.1, -0.05) is 30.3 Å². The van der Waals surface area contributed by atoms with Crippen LogP contribution >= 0.6 is 0 Å². The molecular weight excluding hydrogens is 408 g/mol. The van der Waals surface area contributed by atoms with Crippen LogP contribution in [0.1, 0.15) is 60.4 Å². The Morgan fingerprint density at radius 3 is 2.45 bits per heavy atom. The number of rotatable bonds is 4. The Labute approximate surface area is 184 Å². The van der Waals surface area contributed by atoms with E-state index < -0.39 is 10.0 Å². The molecule has 0 radical (unpaired) electrons. The van der Waals surface area contributed by atoms with Gasteiger partial charge in [-0.05, 0) is 85.8 Å². The first-order chi connectivity index (χ1) is 15.0. The number of fused-ring (bicyclic) bond motifs is 2. The lowest BCUT2D eigenvalue weighted by molar-refractivity contribution is -0.127. The Kier molecular flexibility index (Phi) is 5.61. The fourth-order valence-corrected chi connectivity index (χ4v) is 6.93. The number of aryl methyl sites for hydroxylation is 3. The molecule has 5 rings (SSSR count). The molecule has 1 N–H and O–H groups in total. The van der Waals surface area contributed by atoms with Gasteiger partial charge < -0.3 is 5.32 Å². The summed E-state index contributed by atoms with van der Waals surface area (Å²) < 4.78 is 27.8. The molecule has 164 valence electrons. The van der Waals surface area contributed by atoms with Gasteiger partial charge in [-0.3, -0.25) is 4.79 Å². The molecule has 3 aliphatic rings. The summed E-state index contributed by atoms with van der Waals surface area (Å²) in [6, 6.07) is 14.0. The molecule has 6 heteroatoms. The summed E-state index contributed by atoms with van der Waals surface area (Å²) in [6.07, 6.45) is 7.38. The van der Waals surface area contributed by atoms with Gasteiger partial charge in [0.15, 0.2) is 0 Å². The van der Waals surface area contributed by atoms with Crippen LogP contribution < -0.4 is 5.32 Å². The smallest absolute Gasteiger partial charge is 0.243 e. The van der Waals surface area contributed by atoms with Crippen LogP contribution in [-0.2, 0) is 34.1 Å². The number of nitrogens with zero attached hydrogens (tertiary/aromatic N) is 1. The minimum absolute atomic E-state index is 0.0660. The molecule has 2 aromatic carbocycles. The highest BCUT2D eigenvalue weighted by Gasteiger charge is 2.33. The van der Waals surface area contributed by atoms with E-state index in [4.69, 9.17) is 0 Å². The molecule has 1 amide bonds. The van der Waals surface area contributed by atoms with E-state index in [1.165, 1.54) is 22.3 Å². The fraction of sp³-hybridized carbons (Fsp3) is 0.480. The summed E-state index contributed by atoms with van der Waals surface area (Å²) in [5.74, 6) is -0.0585. The van der Waals surface area contributed by atoms with Gasteiger partial charge in [0.25, 0.3) is 0 Å². The minimum Gasteiger partial charge on any atom is -0.349 e. The first kappa shape index (κ1) is 20.7. The number of benzene rings is 2. The second-order valence-corrected chi connectivity index (χ2v) is 11.1. The zero-order chi connectivity index (χ0) is 21.4. The van der Waals surface area contributed by atoms with Gasteiger partial charge in [0.1, 0.15) is 0 Å². The molecule has 1 unspecified atom stereocenters. The van der Waals surface area contributed by atoms with E-state index >= 15 is 0 Å². The van der Waals surface area contributed by atoms with Crippen molar-refractivity contribution in [3.63, 3.8) is 0 Å². The standard InChI is InChI=1S/C25H30N2O3S/c28-25(26-24-10-4-7-19-5-1-2-9-23(19)24)20-13-15-27(16-14-20)31(29,30)22-12-11-18-6-3-8-21(18)17-22/h1-2,5,9,11-12,17,20,24H,3-4,6-8,10,13-16H2,(H,26,28). The maximum atomic E-state index is 13.1. The molecule has 31 heavy (non-hydrogen) atoms. The van der Waals surface area contributed by atoms with E-state index in [0.717, 1.165) is 38.5 Å². The number of sulfonamides is 1. The van der Waals surface area contributed by atoms with Crippen molar-refractivity contribution < 1.29 is 13.2 Å². The Hall–Kier alpha value is -2.18. The van der Waals surface area contributed by atoms with E-state index in [1.54, 1.807) is 10.4 Å². The average molecular weight is 439 g/mol. The Balaban J connectivity index is 1.22. The van der Waals surface area contributed by atoms with Crippen molar-refractivity contribution in [3.05, 3.63) is 64.7 Å². The molecule has 1 heterocycles. The van der Waals surface area contributed by atoms with E-state index in [0.29, 0.717) is 30.8 Å². The SMILES string of the molecule is O=C(NC1CCCc2ccccc21)C1CCN(S(=O)(=O)c2ccc3c(c2)CCC3)CC1. The van der Waals surface area contributed by atoms with Crippen molar-refractivity contribution in [1.82, 2.24) is 9.62 Å². The number of carbonyl (C=O) groups excluding carboxylic acids is 1. The van der Waals surface area contributed by atoms with E-state index in [1.807, 2.05) is 18.2 Å². The fourth-order valence-electron chi connectivity index (χ4n) is 5.41. The molecule has 1 fully saturated rings. The lowest BCUT2D eigenvalue weighted by Gasteiger charge is -2.32. The van der Waals surface area contributed by atoms with Crippen molar-refractivity contribution in [3.8, 4) is 0 Å². The van der Waals surface area contributed by atoms with Crippen LogP contribution in [0, 0.1) is 5.92 Å². The Morgan fingerprint density at radius 1 is 0.871 bits per heavy atom. The molecule has 5 nitrogen and oxygen atoms in total. The maximum Gasteiger partial charge on any atom is 0.243 e. The second kappa shape index (κ2) is 8.40. The summed E-state index contributed by atoms with van der Waals surface area (Å²) in [6.45, 7) is 0.803. The highest BCUT2D eigenvalue weighted by molar-refractivity contribution is 7.89. The van der Waals surface area contributed by atoms with Gasteiger partial charge in [0.2, 0.25) is 15.9 Å². The zero-order valence-electron chi connectivity index (χ0n) is 17.8. The van der Waals surface area contributed by atoms with Crippen LogP contribution in [0.5, 0.6) is 0 Å². The minimum atomic E-state index is -3.50. The quantitative estimate of drug-likeness (QED) is 0.790. The predicted molar refractivity (Wildman–Crippen MR) is 120 cm³/mol. The summed E-state index contributed by atoms with van der Waals surface area (Å²) >= 11 is 0. The molecule has 0 spiro atoms. The van der Waals surface area contributed by atoms with Crippen molar-refractivity contribution >= 4 is 15.9 Å². The highest BCUT2D eigenvalue weighted by atomic mass is 32.2. The van der Waals surface area contributed by atoms with Crippen LogP contribution in [0.2, 0.25) is 0 Å². The number of amides is 1. The first-order valence-electron chi connectivity index (χ1n) is 11.5. The predicted octanol–water partition coefficient (Wildman–Crippen LogP) is 3.77. The number of hydrogen-bond acceptors (Lipinski definition) is 3. The Bertz CT molecular complexity index is 1090. The van der Waals surface area contributed by atoms with Gasteiger partial charge in [-0.2, -0.15) is 4.31 Å². The lowest BCUT2D eigenvalue weighted by Crippen LogP contribution is -2.44. The van der Waals surface area contributed by atoms with Crippen LogP contribution in [0.3, 0.4) is 0 Å². The van der Waals surface area contributed by atoms with E-state index in [2.05, 4.69) is 23.5 Å². The third kappa shape index (κ3) is 4.03. The molecule has 2 aromatic rings. The molecule has 2 aliphatic carbocycles. The molecule has 1 saturated heterocycles. The van der Waals surface area contributed by atoms with Crippen molar-refractivity contribution in [2.75, 3.05) is 13.1 Å². The zero-order valence-corrected chi connectivity index (χ0v) is 18.7. The number of hydrogen-bond donors (Lipinski definition) is 1. The summed E-state index contributed by atoms with van der Waals surface area (Å²) in [5.41, 5.74) is 5.01. The molecule has 1 atom stereocenters. The van der Waals surface area contributed by atoms with E-state index in [9.17, 15) is 13.2 Å². The van der Waals surface area contributed by atoms with Gasteiger partial charge >= 0.3 is 0 Å². The highest BCUT2D eigenvalue weighted by Crippen LogP contribution is 2.31. The van der Waals surface area contributed by atoms with Crippen molar-refractivity contribution in [2.45, 2.75) is 62.3 Å². The van der Waals surface area contributed by atoms with Crippen LogP contribution in [-0.4, -0.2) is 31.7 Å². The number of piperidine rings is 1. The third-order valence-corrected chi connectivity index (χ3v) is 9.11. The van der Waals surface area contributed by atoms with Crippen LogP contribution in [0.25, 0.3) is 0 Å². The summed E-state index contributed by atoms with van der Waals surface area (Å²) in [4.78, 5) is 13.3. The molecule has 0 bridgehead atoms. The van der Waals surface area contributed by atoms with E-state index in [-0.39, 0.29) is 17.9 Å². The molecular formula is C25H30N2O3S. The number of nitrogens with one attached hydrogen (secondary N) is 1. The molecule has 0 aromatic heterocycles. The first-order valence-corrected chi connectivity index (χ1v) is 13.0. The van der Waals surface area contributed by atoms with Crippen LogP contribution in [0.4, 0.5) is 0 Å². The molecule has 1 aliphatic heterocycles. The largest absolute Gasteiger partial charge is 0.349 e. The second-order valence-electron chi connectivity index (χ2n) is 9.11. The lowest BCUT2D eigenvalue weighted by atomic mass is 9.87. The van der Waals surface area contributed by atoms with Gasteiger partial charge in [-0.15, -0.1) is 0 Å². The third-order valence-electron chi connectivity index (χ3n) is 7.22. The van der Waals surface area contributed by atoms with Gasteiger partial charge in [-0.25, -0.2) is 8.42 Å². The average Bonchev–Trinajstić information content (AvgIpc) is 3.27. The normalized spacial score (nSPS) is 22.0. The number of carbonyl (C=O) groups is 1. The van der Waals surface area contributed by atoms with Crippen LogP contribution in [0.15, 0.2) is 47.4 Å². The van der Waals surface area contributed by atoms with Crippen molar-refractivity contribution in [2.24, 2.45) is 5.92 Å². The molecule has 0 saturated carbocycles. The topological polar surface area (TPSA) is 66.5 Å². The van der Waals surface area contributed by atoms with Gasteiger partial charge in [0, 0.05) is 19.0 Å². The van der Waals surface area contributed by atoms with Gasteiger partial charge in [0.05, 0.1) is 10.9 Å². The monoisotopic (exact) mass is 438 g/mol. The Morgan fingerprint density at radius 2 is 1.61 bits per heavy atom. The maximum absolute atomic E-state index is 13.1. The summed E-state index contributed by atoms with van der Waals surface area (Å²) in [7, 11) is -3.50. The van der Waals surface area contributed by atoms with Crippen molar-refractivity contribution in [1.29, 1.82) is 0 Å². The summed E-state index contributed by atoms with van der Waals surface area (Å²) in [5, 5.41) is 3.25.